The fourth-order valence-corrected chi connectivity index (χ4v) is 8.79. The van der Waals surface area contributed by atoms with Gasteiger partial charge in [-0.3, -0.25) is 4.79 Å². The molecule has 0 aliphatic carbocycles. The summed E-state index contributed by atoms with van der Waals surface area (Å²) in [4.78, 5) is 13.1. The van der Waals surface area contributed by atoms with E-state index in [2.05, 4.69) is 19.2 Å². The summed E-state index contributed by atoms with van der Waals surface area (Å²) < 4.78 is 11.2. The normalized spacial score (nSPS) is 20.8. The van der Waals surface area contributed by atoms with Crippen molar-refractivity contribution in [2.45, 2.75) is 307 Å². The Morgan fingerprint density at radius 1 is 0.508 bits per heavy atom. The van der Waals surface area contributed by atoms with Crippen LogP contribution in [-0.2, 0) is 14.3 Å². The minimum absolute atomic E-state index is 0.251. The quantitative estimate of drug-likeness (QED) is 0.0295. The zero-order valence-corrected chi connectivity index (χ0v) is 39.8. The molecule has 1 rings (SSSR count). The second kappa shape index (κ2) is 41.8. The van der Waals surface area contributed by atoms with Crippen LogP contribution < -0.4 is 5.32 Å². The van der Waals surface area contributed by atoms with Gasteiger partial charge in [-0.2, -0.15) is 0 Å². The molecule has 1 heterocycles. The monoisotopic (exact) mass is 872 g/mol. The number of nitrogens with one attached hydrogen (secondary N) is 1. The first-order chi connectivity index (χ1) is 29.8. The SMILES string of the molecule is CCCCCCCCCCCCCCCCCCCCCCC(=O)N[C@@H](CO[C@@H]1O[C@H](CO)[C@H](O)C(O)C1O)[C@H](O)[C@H](O)CCCCCCCCCCCCCCCCCC. The molecule has 1 saturated heterocycles. The third kappa shape index (κ3) is 31.6. The zero-order chi connectivity index (χ0) is 44.6. The second-order valence-electron chi connectivity index (χ2n) is 18.8. The van der Waals surface area contributed by atoms with E-state index in [0.29, 0.717) is 6.42 Å². The van der Waals surface area contributed by atoms with E-state index in [1.807, 2.05) is 0 Å². The van der Waals surface area contributed by atoms with Crippen LogP contribution in [0, 0.1) is 0 Å². The summed E-state index contributed by atoms with van der Waals surface area (Å²) in [7, 11) is 0. The molecule has 0 aromatic carbocycles. The van der Waals surface area contributed by atoms with Gasteiger partial charge in [0.15, 0.2) is 6.29 Å². The van der Waals surface area contributed by atoms with E-state index in [-0.39, 0.29) is 18.9 Å². The van der Waals surface area contributed by atoms with Crippen LogP contribution in [0.15, 0.2) is 0 Å². The number of carbonyl (C=O) groups excluding carboxylic acids is 1. The van der Waals surface area contributed by atoms with Crippen LogP contribution >= 0.6 is 0 Å². The molecule has 0 saturated carbocycles. The predicted octanol–water partition coefficient (Wildman–Crippen LogP) is 10.9. The Morgan fingerprint density at radius 3 is 1.21 bits per heavy atom. The zero-order valence-electron chi connectivity index (χ0n) is 39.8. The highest BCUT2D eigenvalue weighted by atomic mass is 16.7. The van der Waals surface area contributed by atoms with Crippen molar-refractivity contribution in [1.29, 1.82) is 0 Å². The summed E-state index contributed by atoms with van der Waals surface area (Å²) in [5.41, 5.74) is 0. The van der Waals surface area contributed by atoms with E-state index in [4.69, 9.17) is 9.47 Å². The summed E-state index contributed by atoms with van der Waals surface area (Å²) in [6.45, 7) is 3.64. The summed E-state index contributed by atoms with van der Waals surface area (Å²) in [5.74, 6) is -0.251. The van der Waals surface area contributed by atoms with Crippen molar-refractivity contribution in [3.05, 3.63) is 0 Å². The topological polar surface area (TPSA) is 169 Å². The molecule has 1 fully saturated rings. The molecule has 0 radical (unpaired) electrons. The molecule has 10 nitrogen and oxygen atoms in total. The van der Waals surface area contributed by atoms with E-state index >= 15 is 0 Å². The first-order valence-corrected chi connectivity index (χ1v) is 26.3. The number of hydrogen-bond acceptors (Lipinski definition) is 9. The lowest BCUT2D eigenvalue weighted by Gasteiger charge is -2.40. The highest BCUT2D eigenvalue weighted by molar-refractivity contribution is 5.76. The summed E-state index contributed by atoms with van der Waals surface area (Å²) in [6, 6.07) is -0.985. The molecule has 364 valence electrons. The van der Waals surface area contributed by atoms with Crippen molar-refractivity contribution >= 4 is 5.91 Å². The van der Waals surface area contributed by atoms with Crippen LogP contribution in [0.1, 0.15) is 258 Å². The predicted molar refractivity (Wildman–Crippen MR) is 250 cm³/mol. The van der Waals surface area contributed by atoms with Crippen molar-refractivity contribution in [2.75, 3.05) is 13.2 Å². The van der Waals surface area contributed by atoms with Gasteiger partial charge in [0.05, 0.1) is 25.4 Å². The van der Waals surface area contributed by atoms with E-state index < -0.39 is 55.6 Å². The number of carbonyl (C=O) groups is 1. The molecule has 7 N–H and O–H groups in total. The molecular formula is C51H101NO9. The number of rotatable bonds is 45. The maximum atomic E-state index is 13.1. The van der Waals surface area contributed by atoms with Gasteiger partial charge in [-0.25, -0.2) is 0 Å². The molecule has 10 heteroatoms. The average Bonchev–Trinajstić information content (AvgIpc) is 3.26. The van der Waals surface area contributed by atoms with Crippen LogP contribution in [-0.4, -0.2) is 98.7 Å². The molecule has 0 aromatic heterocycles. The van der Waals surface area contributed by atoms with Gasteiger partial charge < -0.3 is 45.4 Å². The Balaban J connectivity index is 2.30. The van der Waals surface area contributed by atoms with Gasteiger partial charge in [-0.1, -0.05) is 239 Å². The highest BCUT2D eigenvalue weighted by Gasteiger charge is 2.44. The fraction of sp³-hybridized carbons (Fsp3) is 0.980. The smallest absolute Gasteiger partial charge is 0.220 e. The van der Waals surface area contributed by atoms with Crippen LogP contribution in [0.5, 0.6) is 0 Å². The number of amides is 1. The van der Waals surface area contributed by atoms with Crippen molar-refractivity contribution < 1.29 is 44.9 Å². The third-order valence-electron chi connectivity index (χ3n) is 13.1. The van der Waals surface area contributed by atoms with Gasteiger partial charge >= 0.3 is 0 Å². The van der Waals surface area contributed by atoms with Crippen molar-refractivity contribution in [2.24, 2.45) is 0 Å². The first kappa shape index (κ1) is 58.2. The second-order valence-corrected chi connectivity index (χ2v) is 18.8. The summed E-state index contributed by atoms with van der Waals surface area (Å²) in [6.07, 6.45) is 36.8. The first-order valence-electron chi connectivity index (χ1n) is 26.3. The van der Waals surface area contributed by atoms with Gasteiger partial charge in [-0.05, 0) is 12.8 Å². The Labute approximate surface area is 375 Å². The lowest BCUT2D eigenvalue weighted by molar-refractivity contribution is -0.303. The lowest BCUT2D eigenvalue weighted by atomic mass is 9.98. The molecule has 0 aromatic rings. The molecule has 1 aliphatic heterocycles. The Hall–Kier alpha value is -0.850. The molecule has 61 heavy (non-hydrogen) atoms. The van der Waals surface area contributed by atoms with E-state index in [0.717, 1.165) is 38.5 Å². The number of ether oxygens (including phenoxy) is 2. The standard InChI is InChI=1S/C51H101NO9/c1-3-5-7-9-11-13-15-17-19-21-22-23-24-26-28-30-32-34-36-38-40-46(55)52-43(42-60-51-50(59)49(58)48(57)45(41-53)61-51)47(56)44(54)39-37-35-33-31-29-27-25-20-18-16-14-12-10-8-6-4-2/h43-45,47-51,53-54,56-59H,3-42H2,1-2H3,(H,52,55)/t43-,44+,45+,47-,48-,49?,50?,51+/m0/s1. The number of unbranched alkanes of at least 4 members (excludes halogenated alkanes) is 34. The van der Waals surface area contributed by atoms with Crippen LogP contribution in [0.3, 0.4) is 0 Å². The molecule has 0 spiro atoms. The van der Waals surface area contributed by atoms with Crippen molar-refractivity contribution in [3.63, 3.8) is 0 Å². The van der Waals surface area contributed by atoms with Crippen LogP contribution in [0.2, 0.25) is 0 Å². The van der Waals surface area contributed by atoms with Crippen LogP contribution in [0.4, 0.5) is 0 Å². The molecule has 8 atom stereocenters. The summed E-state index contributed by atoms with van der Waals surface area (Å²) >= 11 is 0. The largest absolute Gasteiger partial charge is 0.394 e. The fourth-order valence-electron chi connectivity index (χ4n) is 8.79. The van der Waals surface area contributed by atoms with Gasteiger partial charge in [0.1, 0.15) is 30.5 Å². The molecule has 1 aliphatic rings. The van der Waals surface area contributed by atoms with Gasteiger partial charge in [0.2, 0.25) is 5.91 Å². The molecule has 1 amide bonds. The number of aliphatic hydroxyl groups is 6. The van der Waals surface area contributed by atoms with Crippen molar-refractivity contribution in [1.82, 2.24) is 5.32 Å². The Morgan fingerprint density at radius 2 is 0.852 bits per heavy atom. The maximum Gasteiger partial charge on any atom is 0.220 e. The molecule has 0 bridgehead atoms. The Bertz CT molecular complexity index is 942. The van der Waals surface area contributed by atoms with Gasteiger partial charge in [-0.15, -0.1) is 0 Å². The average molecular weight is 872 g/mol. The van der Waals surface area contributed by atoms with Crippen LogP contribution in [0.25, 0.3) is 0 Å². The van der Waals surface area contributed by atoms with Crippen molar-refractivity contribution in [3.8, 4) is 0 Å². The minimum atomic E-state index is -1.60. The van der Waals surface area contributed by atoms with Gasteiger partial charge in [0, 0.05) is 6.42 Å². The Kier molecular flexibility index (Phi) is 39.9. The summed E-state index contributed by atoms with van der Waals surface area (Å²) in [5, 5.41) is 65.4. The third-order valence-corrected chi connectivity index (χ3v) is 13.1. The minimum Gasteiger partial charge on any atom is -0.394 e. The molecule has 2 unspecified atom stereocenters. The van der Waals surface area contributed by atoms with E-state index in [9.17, 15) is 35.4 Å². The maximum absolute atomic E-state index is 13.1. The number of hydrogen-bond donors (Lipinski definition) is 7. The molecular weight excluding hydrogens is 771 g/mol. The highest BCUT2D eigenvalue weighted by Crippen LogP contribution is 2.23. The number of aliphatic hydroxyl groups excluding tert-OH is 6. The van der Waals surface area contributed by atoms with E-state index in [1.54, 1.807) is 0 Å². The van der Waals surface area contributed by atoms with Gasteiger partial charge in [0.25, 0.3) is 0 Å². The van der Waals surface area contributed by atoms with E-state index in [1.165, 1.54) is 193 Å². The lowest BCUT2D eigenvalue weighted by Crippen LogP contribution is -2.60.